The predicted octanol–water partition coefficient (Wildman–Crippen LogP) is 4.56. The minimum atomic E-state index is 0.340. The number of methoxy groups -OCH3 is 1. The van der Waals surface area contributed by atoms with Gasteiger partial charge in [-0.15, -0.1) is 11.3 Å². The smallest absolute Gasteiger partial charge is 0.119 e. The van der Waals surface area contributed by atoms with Crippen LogP contribution in [0.5, 0.6) is 5.75 Å². The Morgan fingerprint density at radius 3 is 3.00 bits per heavy atom. The lowest BCUT2D eigenvalue weighted by molar-refractivity contribution is 0.0172. The Hall–Kier alpha value is -1.36. The third kappa shape index (κ3) is 3.51. The van der Waals surface area contributed by atoms with E-state index in [1.807, 2.05) is 11.3 Å². The highest BCUT2D eigenvalue weighted by atomic mass is 32.1. The van der Waals surface area contributed by atoms with E-state index in [2.05, 4.69) is 35.2 Å². The van der Waals surface area contributed by atoms with E-state index in [0.29, 0.717) is 6.10 Å². The van der Waals surface area contributed by atoms with Gasteiger partial charge < -0.3 is 9.47 Å². The largest absolute Gasteiger partial charge is 0.497 e. The van der Waals surface area contributed by atoms with Crippen LogP contribution >= 0.6 is 11.3 Å². The lowest BCUT2D eigenvalue weighted by atomic mass is 9.99. The molecule has 1 aromatic heterocycles. The molecule has 1 fully saturated rings. The van der Waals surface area contributed by atoms with Crippen LogP contribution < -0.4 is 4.74 Å². The van der Waals surface area contributed by atoms with E-state index in [4.69, 9.17) is 9.47 Å². The number of ether oxygens (including phenoxy) is 2. The van der Waals surface area contributed by atoms with Crippen molar-refractivity contribution in [3.63, 3.8) is 0 Å². The van der Waals surface area contributed by atoms with Crippen LogP contribution in [0.15, 0.2) is 30.3 Å². The van der Waals surface area contributed by atoms with Gasteiger partial charge in [0.1, 0.15) is 5.75 Å². The van der Waals surface area contributed by atoms with Crippen LogP contribution in [0.2, 0.25) is 0 Å². The fraction of sp³-hybridized carbons (Fsp3) is 0.500. The quantitative estimate of drug-likeness (QED) is 0.812. The zero-order chi connectivity index (χ0) is 16.4. The van der Waals surface area contributed by atoms with E-state index in [0.717, 1.165) is 38.4 Å². The van der Waals surface area contributed by atoms with Gasteiger partial charge >= 0.3 is 0 Å². The summed E-state index contributed by atoms with van der Waals surface area (Å²) >= 11 is 1.93. The monoisotopic (exact) mass is 343 g/mol. The van der Waals surface area contributed by atoms with Crippen molar-refractivity contribution >= 4 is 11.3 Å². The molecule has 3 heterocycles. The summed E-state index contributed by atoms with van der Waals surface area (Å²) < 4.78 is 11.3. The molecule has 3 nitrogen and oxygen atoms in total. The van der Waals surface area contributed by atoms with Gasteiger partial charge in [0.05, 0.1) is 13.2 Å². The third-order valence-electron chi connectivity index (χ3n) is 5.06. The molecule has 0 saturated carbocycles. The molecule has 2 aliphatic heterocycles. The molecule has 1 saturated heterocycles. The second-order valence-electron chi connectivity index (χ2n) is 6.75. The second-order valence-corrected chi connectivity index (χ2v) is 7.95. The van der Waals surface area contributed by atoms with E-state index in [1.54, 1.807) is 7.11 Å². The Morgan fingerprint density at radius 1 is 1.21 bits per heavy atom. The normalized spacial score (nSPS) is 21.5. The molecule has 0 radical (unpaired) electrons. The van der Waals surface area contributed by atoms with E-state index in [9.17, 15) is 0 Å². The number of benzene rings is 1. The number of nitrogens with zero attached hydrogens (tertiary/aromatic N) is 1. The minimum Gasteiger partial charge on any atom is -0.497 e. The van der Waals surface area contributed by atoms with Crippen molar-refractivity contribution in [2.75, 3.05) is 20.3 Å². The van der Waals surface area contributed by atoms with Crippen molar-refractivity contribution in [1.82, 2.24) is 4.90 Å². The standard InChI is InChI=1S/C20H25NO2S/c1-22-17-6-5-16-13-21(10-9-15(16)12-17)14-18-7-8-20(24-18)19-4-2-3-11-23-19/h5-8,12,19H,2-4,9-11,13-14H2,1H3. The van der Waals surface area contributed by atoms with Gasteiger partial charge in [0, 0.05) is 36.0 Å². The first kappa shape index (κ1) is 16.1. The van der Waals surface area contributed by atoms with E-state index < -0.39 is 0 Å². The third-order valence-corrected chi connectivity index (χ3v) is 6.23. The summed E-state index contributed by atoms with van der Waals surface area (Å²) in [5, 5.41) is 0. The molecule has 4 heteroatoms. The van der Waals surface area contributed by atoms with Crippen LogP contribution in [0.25, 0.3) is 0 Å². The average Bonchev–Trinajstić information content (AvgIpc) is 3.10. The summed E-state index contributed by atoms with van der Waals surface area (Å²) in [6.07, 6.45) is 5.14. The highest BCUT2D eigenvalue weighted by Gasteiger charge is 2.20. The molecule has 24 heavy (non-hydrogen) atoms. The molecule has 1 atom stereocenters. The molecule has 1 aromatic carbocycles. The lowest BCUT2D eigenvalue weighted by Gasteiger charge is -2.28. The summed E-state index contributed by atoms with van der Waals surface area (Å²) in [7, 11) is 1.74. The fourth-order valence-electron chi connectivity index (χ4n) is 3.69. The molecule has 0 bridgehead atoms. The number of hydrogen-bond acceptors (Lipinski definition) is 4. The van der Waals surface area contributed by atoms with Crippen LogP contribution in [-0.4, -0.2) is 25.2 Å². The maximum Gasteiger partial charge on any atom is 0.119 e. The van der Waals surface area contributed by atoms with E-state index in [-0.39, 0.29) is 0 Å². The first-order chi connectivity index (χ1) is 11.8. The van der Waals surface area contributed by atoms with Crippen molar-refractivity contribution in [3.8, 4) is 5.75 Å². The highest BCUT2D eigenvalue weighted by Crippen LogP contribution is 2.33. The zero-order valence-electron chi connectivity index (χ0n) is 14.3. The topological polar surface area (TPSA) is 21.7 Å². The zero-order valence-corrected chi connectivity index (χ0v) is 15.1. The summed E-state index contributed by atoms with van der Waals surface area (Å²) in [4.78, 5) is 5.41. The van der Waals surface area contributed by atoms with Gasteiger partial charge in [0.15, 0.2) is 0 Å². The van der Waals surface area contributed by atoms with Crippen LogP contribution in [0.4, 0.5) is 0 Å². The van der Waals surface area contributed by atoms with Crippen molar-refractivity contribution in [2.45, 2.75) is 44.9 Å². The molecule has 4 rings (SSSR count). The molecule has 2 aromatic rings. The van der Waals surface area contributed by atoms with Gasteiger partial charge in [-0.25, -0.2) is 0 Å². The molecule has 128 valence electrons. The summed E-state index contributed by atoms with van der Waals surface area (Å²) in [5.41, 5.74) is 2.88. The first-order valence-electron chi connectivity index (χ1n) is 8.90. The number of fused-ring (bicyclic) bond motifs is 1. The van der Waals surface area contributed by atoms with Crippen molar-refractivity contribution in [1.29, 1.82) is 0 Å². The van der Waals surface area contributed by atoms with E-state index in [1.165, 1.54) is 40.1 Å². The van der Waals surface area contributed by atoms with E-state index >= 15 is 0 Å². The maximum absolute atomic E-state index is 5.92. The molecule has 0 aliphatic carbocycles. The van der Waals surface area contributed by atoms with Crippen LogP contribution in [-0.2, 0) is 24.2 Å². The Balaban J connectivity index is 1.40. The molecule has 2 aliphatic rings. The van der Waals surface area contributed by atoms with Gasteiger partial charge in [-0.3, -0.25) is 4.90 Å². The molecule has 0 spiro atoms. The van der Waals surface area contributed by atoms with Gasteiger partial charge in [-0.05, 0) is 61.1 Å². The van der Waals surface area contributed by atoms with Gasteiger partial charge in [-0.2, -0.15) is 0 Å². The van der Waals surface area contributed by atoms with Gasteiger partial charge in [0.25, 0.3) is 0 Å². The maximum atomic E-state index is 5.92. The highest BCUT2D eigenvalue weighted by molar-refractivity contribution is 7.12. The van der Waals surface area contributed by atoms with Crippen molar-refractivity contribution in [3.05, 3.63) is 51.2 Å². The Kier molecular flexibility index (Phi) is 4.88. The average molecular weight is 343 g/mol. The Morgan fingerprint density at radius 2 is 2.17 bits per heavy atom. The number of thiophene rings is 1. The minimum absolute atomic E-state index is 0.340. The Labute approximate surface area is 148 Å². The first-order valence-corrected chi connectivity index (χ1v) is 9.72. The number of rotatable bonds is 4. The van der Waals surface area contributed by atoms with Crippen LogP contribution in [0, 0.1) is 0 Å². The summed E-state index contributed by atoms with van der Waals surface area (Å²) in [6.45, 7) is 4.12. The molecular formula is C20H25NO2S. The predicted molar refractivity (Wildman–Crippen MR) is 97.7 cm³/mol. The fourth-order valence-corrected chi connectivity index (χ4v) is 4.83. The SMILES string of the molecule is COc1ccc2c(c1)CCN(Cc1ccc(C3CCCCO3)s1)C2. The second kappa shape index (κ2) is 7.26. The van der Waals surface area contributed by atoms with Gasteiger partial charge in [-0.1, -0.05) is 6.07 Å². The Bertz CT molecular complexity index is 691. The van der Waals surface area contributed by atoms with Crippen LogP contribution in [0.1, 0.15) is 46.2 Å². The van der Waals surface area contributed by atoms with Gasteiger partial charge in [0.2, 0.25) is 0 Å². The van der Waals surface area contributed by atoms with Crippen molar-refractivity contribution < 1.29 is 9.47 Å². The molecule has 1 unspecified atom stereocenters. The molecule has 0 N–H and O–H groups in total. The number of hydrogen-bond donors (Lipinski definition) is 0. The van der Waals surface area contributed by atoms with Crippen molar-refractivity contribution in [2.24, 2.45) is 0 Å². The molecule has 0 amide bonds. The molecular weight excluding hydrogens is 318 g/mol. The lowest BCUT2D eigenvalue weighted by Crippen LogP contribution is -2.29. The summed E-state index contributed by atoms with van der Waals surface area (Å²) in [5.74, 6) is 0.970. The summed E-state index contributed by atoms with van der Waals surface area (Å²) in [6, 6.07) is 11.1. The van der Waals surface area contributed by atoms with Crippen LogP contribution in [0.3, 0.4) is 0 Å².